The molecule has 0 amide bonds. The molecule has 0 spiro atoms. The smallest absolute Gasteiger partial charge is 0.0540 e. The summed E-state index contributed by atoms with van der Waals surface area (Å²) >= 11 is 3.75. The number of hydrogen-bond acceptors (Lipinski definition) is 3. The molecule has 12 rings (SSSR count). The van der Waals surface area contributed by atoms with Crippen LogP contribution in [0.1, 0.15) is 0 Å². The summed E-state index contributed by atoms with van der Waals surface area (Å²) in [4.78, 5) is 2.43. The number of rotatable bonds is 7. The van der Waals surface area contributed by atoms with Crippen LogP contribution in [0.2, 0.25) is 0 Å². The maximum absolute atomic E-state index is 2.43. The van der Waals surface area contributed by atoms with E-state index in [9.17, 15) is 0 Å². The topological polar surface area (TPSA) is 3.24 Å². The third-order valence-electron chi connectivity index (χ3n) is 12.1. The van der Waals surface area contributed by atoms with Crippen LogP contribution in [0, 0.1) is 0 Å². The molecule has 0 aliphatic rings. The minimum absolute atomic E-state index is 1.10. The molecule has 0 aliphatic carbocycles. The minimum atomic E-state index is 1.10. The maximum atomic E-state index is 2.43. The molecule has 0 bridgehead atoms. The van der Waals surface area contributed by atoms with Gasteiger partial charge in [0.2, 0.25) is 0 Å². The number of benzene rings is 10. The Labute approximate surface area is 362 Å². The van der Waals surface area contributed by atoms with E-state index < -0.39 is 0 Å². The second-order valence-corrected chi connectivity index (χ2v) is 17.8. The molecule has 0 aliphatic heterocycles. The highest BCUT2D eigenvalue weighted by Gasteiger charge is 2.19. The summed E-state index contributed by atoms with van der Waals surface area (Å²) in [7, 11) is 0. The van der Waals surface area contributed by atoms with Crippen LogP contribution in [0.5, 0.6) is 0 Å². The van der Waals surface area contributed by atoms with Gasteiger partial charge in [-0.1, -0.05) is 170 Å². The van der Waals surface area contributed by atoms with Crippen molar-refractivity contribution in [1.29, 1.82) is 0 Å². The molecule has 12 aromatic rings. The Morgan fingerprint density at radius 2 is 0.836 bits per heavy atom. The minimum Gasteiger partial charge on any atom is -0.310 e. The highest BCUT2D eigenvalue weighted by Crippen LogP contribution is 2.45. The van der Waals surface area contributed by atoms with Gasteiger partial charge in [-0.25, -0.2) is 0 Å². The van der Waals surface area contributed by atoms with E-state index in [1.807, 2.05) is 22.7 Å². The Hall–Kier alpha value is -7.30. The highest BCUT2D eigenvalue weighted by molar-refractivity contribution is 7.26. The van der Waals surface area contributed by atoms with Crippen molar-refractivity contribution in [2.45, 2.75) is 0 Å². The SMILES string of the molecule is c1cc(-c2cccc(N(c3ccc(-c4cccc5ccccc45)cc3)c3ccccc3-c3ccc4c(c3)sc3ccccc34)c2)cc(-c2cccc3c2sc2ccccc23)c1. The Morgan fingerprint density at radius 1 is 0.279 bits per heavy atom. The van der Waals surface area contributed by atoms with Gasteiger partial charge in [0.25, 0.3) is 0 Å². The summed E-state index contributed by atoms with van der Waals surface area (Å²) in [5.74, 6) is 0. The first-order valence-corrected chi connectivity index (χ1v) is 22.4. The number of anilines is 3. The van der Waals surface area contributed by atoms with Crippen LogP contribution in [0.15, 0.2) is 224 Å². The van der Waals surface area contributed by atoms with Crippen molar-refractivity contribution in [3.8, 4) is 44.5 Å². The predicted molar refractivity (Wildman–Crippen MR) is 266 cm³/mol. The normalized spacial score (nSPS) is 11.6. The van der Waals surface area contributed by atoms with E-state index in [4.69, 9.17) is 0 Å². The maximum Gasteiger partial charge on any atom is 0.0540 e. The molecule has 1 nitrogen and oxygen atoms in total. The van der Waals surface area contributed by atoms with E-state index in [0.717, 1.165) is 17.1 Å². The van der Waals surface area contributed by atoms with Gasteiger partial charge in [0.15, 0.2) is 0 Å². The van der Waals surface area contributed by atoms with E-state index in [0.29, 0.717) is 0 Å². The van der Waals surface area contributed by atoms with E-state index in [1.165, 1.54) is 95.6 Å². The molecule has 0 atom stereocenters. The summed E-state index contributed by atoms with van der Waals surface area (Å²) < 4.78 is 5.27. The molecule has 3 heteroatoms. The lowest BCUT2D eigenvalue weighted by atomic mass is 9.96. The second kappa shape index (κ2) is 14.8. The van der Waals surface area contributed by atoms with Crippen molar-refractivity contribution >= 4 is 90.9 Å². The fourth-order valence-corrected chi connectivity index (χ4v) is 11.5. The van der Waals surface area contributed by atoms with Crippen molar-refractivity contribution in [1.82, 2.24) is 0 Å². The average molecular weight is 812 g/mol. The van der Waals surface area contributed by atoms with E-state index in [-0.39, 0.29) is 0 Å². The molecule has 0 N–H and O–H groups in total. The Balaban J connectivity index is 0.996. The molecule has 2 aromatic heterocycles. The molecule has 10 aromatic carbocycles. The number of para-hydroxylation sites is 1. The van der Waals surface area contributed by atoms with Gasteiger partial charge in [-0.15, -0.1) is 22.7 Å². The van der Waals surface area contributed by atoms with E-state index in [1.54, 1.807) is 0 Å². The van der Waals surface area contributed by atoms with Crippen LogP contribution in [0.25, 0.3) is 95.6 Å². The molecular weight excluding hydrogens is 775 g/mol. The van der Waals surface area contributed by atoms with Gasteiger partial charge < -0.3 is 4.90 Å². The first-order valence-electron chi connectivity index (χ1n) is 20.7. The van der Waals surface area contributed by atoms with Crippen molar-refractivity contribution in [2.75, 3.05) is 4.90 Å². The highest BCUT2D eigenvalue weighted by atomic mass is 32.1. The van der Waals surface area contributed by atoms with Gasteiger partial charge in [-0.2, -0.15) is 0 Å². The van der Waals surface area contributed by atoms with Crippen LogP contribution >= 0.6 is 22.7 Å². The molecule has 286 valence electrons. The van der Waals surface area contributed by atoms with Gasteiger partial charge in [-0.05, 0) is 104 Å². The standard InChI is InChI=1S/C58H37NS2/c1-2-19-46-38(13-1)14-11-23-47(46)39-29-32-44(33-30-39)59(54-26-6-3-20-48(54)43-31-34-52-50-21-4-7-27-55(50)60-57(52)37-43)45-18-10-16-41(36-45)40-15-9-17-42(35-40)49-24-12-25-53-51-22-5-8-28-56(51)61-58(49)53/h1-37H. The van der Waals surface area contributed by atoms with Crippen LogP contribution in [-0.2, 0) is 0 Å². The van der Waals surface area contributed by atoms with Crippen molar-refractivity contribution < 1.29 is 0 Å². The monoisotopic (exact) mass is 811 g/mol. The largest absolute Gasteiger partial charge is 0.310 e. The molecule has 2 heterocycles. The Kier molecular flexibility index (Phi) is 8.62. The summed E-state index contributed by atoms with van der Waals surface area (Å²) in [6.07, 6.45) is 0. The lowest BCUT2D eigenvalue weighted by Gasteiger charge is -2.28. The molecule has 0 saturated carbocycles. The Morgan fingerprint density at radius 3 is 1.70 bits per heavy atom. The summed E-state index contributed by atoms with van der Waals surface area (Å²) in [5, 5.41) is 7.77. The second-order valence-electron chi connectivity index (χ2n) is 15.6. The Bertz CT molecular complexity index is 3600. The fourth-order valence-electron chi connectivity index (χ4n) is 9.17. The number of thiophene rings is 2. The molecular formula is C58H37NS2. The summed E-state index contributed by atoms with van der Waals surface area (Å²) in [6, 6.07) is 82.4. The van der Waals surface area contributed by atoms with Crippen LogP contribution < -0.4 is 4.90 Å². The first kappa shape index (κ1) is 35.6. The molecule has 0 fully saturated rings. The molecule has 61 heavy (non-hydrogen) atoms. The van der Waals surface area contributed by atoms with E-state index in [2.05, 4.69) is 229 Å². The zero-order valence-electron chi connectivity index (χ0n) is 33.1. The fraction of sp³-hybridized carbons (Fsp3) is 0. The van der Waals surface area contributed by atoms with Crippen LogP contribution in [0.3, 0.4) is 0 Å². The zero-order chi connectivity index (χ0) is 40.3. The molecule has 0 saturated heterocycles. The molecule has 0 radical (unpaired) electrons. The lowest BCUT2D eigenvalue weighted by molar-refractivity contribution is 1.28. The predicted octanol–water partition coefficient (Wildman–Crippen LogP) is 17.7. The third-order valence-corrected chi connectivity index (χ3v) is 14.4. The molecule has 0 unspecified atom stereocenters. The number of hydrogen-bond donors (Lipinski definition) is 0. The van der Waals surface area contributed by atoms with Gasteiger partial charge in [-0.3, -0.25) is 0 Å². The first-order chi connectivity index (χ1) is 30.2. The van der Waals surface area contributed by atoms with Crippen LogP contribution in [0.4, 0.5) is 17.1 Å². The van der Waals surface area contributed by atoms with Gasteiger partial charge >= 0.3 is 0 Å². The lowest BCUT2D eigenvalue weighted by Crippen LogP contribution is -2.11. The number of fused-ring (bicyclic) bond motifs is 7. The van der Waals surface area contributed by atoms with Gasteiger partial charge in [0.1, 0.15) is 0 Å². The van der Waals surface area contributed by atoms with Crippen LogP contribution in [-0.4, -0.2) is 0 Å². The van der Waals surface area contributed by atoms with Crippen molar-refractivity contribution in [2.24, 2.45) is 0 Å². The average Bonchev–Trinajstić information content (AvgIpc) is 3.90. The third kappa shape index (κ3) is 6.21. The van der Waals surface area contributed by atoms with E-state index >= 15 is 0 Å². The van der Waals surface area contributed by atoms with Crippen molar-refractivity contribution in [3.05, 3.63) is 224 Å². The van der Waals surface area contributed by atoms with Crippen molar-refractivity contribution in [3.63, 3.8) is 0 Å². The summed E-state index contributed by atoms with van der Waals surface area (Å²) in [5.41, 5.74) is 13.0. The van der Waals surface area contributed by atoms with Gasteiger partial charge in [0.05, 0.1) is 5.69 Å². The zero-order valence-corrected chi connectivity index (χ0v) is 34.8. The quantitative estimate of drug-likeness (QED) is 0.155. The number of nitrogens with zero attached hydrogens (tertiary/aromatic N) is 1. The van der Waals surface area contributed by atoms with Gasteiger partial charge in [0, 0.05) is 57.3 Å². The summed E-state index contributed by atoms with van der Waals surface area (Å²) in [6.45, 7) is 0.